The van der Waals surface area contributed by atoms with Gasteiger partial charge in [-0.25, -0.2) is 4.79 Å². The Morgan fingerprint density at radius 1 is 1.50 bits per heavy atom. The fraction of sp³-hybridized carbons (Fsp3) is 0.462. The molecular weight excluding hydrogens is 236 g/mol. The van der Waals surface area contributed by atoms with Gasteiger partial charge in [0.15, 0.2) is 5.78 Å². The zero-order chi connectivity index (χ0) is 13.4. The second-order valence-electron chi connectivity index (χ2n) is 4.69. The number of carbonyl (C=O) groups excluding carboxylic acids is 3. The van der Waals surface area contributed by atoms with Crippen LogP contribution in [0.5, 0.6) is 0 Å². The molecule has 4 atom stereocenters. The summed E-state index contributed by atoms with van der Waals surface area (Å²) in [6.45, 7) is 5.00. The van der Waals surface area contributed by atoms with Crippen LogP contribution in [0.1, 0.15) is 13.3 Å². The number of hydrogen-bond donors (Lipinski definition) is 1. The third-order valence-electron chi connectivity index (χ3n) is 3.36. The van der Waals surface area contributed by atoms with Crippen LogP contribution in [0.2, 0.25) is 0 Å². The molecule has 96 valence electrons. The largest absolute Gasteiger partial charge is 0.457 e. The molecule has 1 fully saturated rings. The lowest BCUT2D eigenvalue weighted by Crippen LogP contribution is -2.37. The number of cyclic esters (lactones) is 1. The minimum absolute atomic E-state index is 0.0890. The number of rotatable bonds is 3. The monoisotopic (exact) mass is 250 g/mol. The molecular formula is C13H14O5. The number of Topliss-reactive ketones (excluding diaryl/α,β-unsaturated/α-hetero) is 1. The molecule has 2 aliphatic rings. The lowest BCUT2D eigenvalue weighted by atomic mass is 9.83. The van der Waals surface area contributed by atoms with E-state index in [9.17, 15) is 19.5 Å². The summed E-state index contributed by atoms with van der Waals surface area (Å²) < 4.78 is 5.10. The zero-order valence-corrected chi connectivity index (χ0v) is 9.96. The van der Waals surface area contributed by atoms with Gasteiger partial charge in [0.05, 0.1) is 12.0 Å². The van der Waals surface area contributed by atoms with Crippen molar-refractivity contribution in [1.82, 2.24) is 0 Å². The van der Waals surface area contributed by atoms with Crippen molar-refractivity contribution in [3.8, 4) is 0 Å². The third-order valence-corrected chi connectivity index (χ3v) is 3.36. The van der Waals surface area contributed by atoms with E-state index >= 15 is 0 Å². The maximum absolute atomic E-state index is 11.7. The summed E-state index contributed by atoms with van der Waals surface area (Å²) in [6.07, 6.45) is 0.954. The van der Waals surface area contributed by atoms with Gasteiger partial charge in [-0.15, -0.1) is 0 Å². The number of aliphatic hydroxyl groups is 1. The molecule has 0 aromatic rings. The molecule has 0 saturated carbocycles. The number of allylic oxidation sites excluding steroid dienone is 1. The van der Waals surface area contributed by atoms with Crippen molar-refractivity contribution in [2.45, 2.75) is 25.6 Å². The SMILES string of the molecule is C=C1C(=O)O[C@H]([C@H]2C(=O)C=C[C@H]2O)[C@@H]1CC(C)=O. The summed E-state index contributed by atoms with van der Waals surface area (Å²) in [7, 11) is 0. The molecule has 0 bridgehead atoms. The maximum Gasteiger partial charge on any atom is 0.334 e. The van der Waals surface area contributed by atoms with E-state index in [-0.39, 0.29) is 23.6 Å². The van der Waals surface area contributed by atoms with Crippen molar-refractivity contribution in [1.29, 1.82) is 0 Å². The average molecular weight is 250 g/mol. The Bertz CT molecular complexity index is 462. The fourth-order valence-electron chi connectivity index (χ4n) is 2.45. The number of hydrogen-bond acceptors (Lipinski definition) is 5. The lowest BCUT2D eigenvalue weighted by Gasteiger charge is -2.24. The Labute approximate surface area is 104 Å². The van der Waals surface area contributed by atoms with Crippen molar-refractivity contribution in [3.63, 3.8) is 0 Å². The summed E-state index contributed by atoms with van der Waals surface area (Å²) in [5, 5.41) is 9.73. The van der Waals surface area contributed by atoms with Gasteiger partial charge in [0.1, 0.15) is 11.9 Å². The molecule has 5 heteroatoms. The number of ketones is 2. The summed E-state index contributed by atoms with van der Waals surface area (Å²) in [5.41, 5.74) is 0.196. The van der Waals surface area contributed by atoms with Gasteiger partial charge in [-0.05, 0) is 13.0 Å². The Morgan fingerprint density at radius 3 is 2.67 bits per heavy atom. The number of esters is 1. The normalized spacial score (nSPS) is 35.1. The van der Waals surface area contributed by atoms with E-state index in [0.717, 1.165) is 0 Å². The van der Waals surface area contributed by atoms with Crippen LogP contribution in [0.15, 0.2) is 24.3 Å². The molecule has 0 aromatic carbocycles. The molecule has 1 saturated heterocycles. The minimum Gasteiger partial charge on any atom is -0.457 e. The molecule has 0 unspecified atom stereocenters. The highest BCUT2D eigenvalue weighted by atomic mass is 16.6. The average Bonchev–Trinajstić information content (AvgIpc) is 2.73. The van der Waals surface area contributed by atoms with Crippen LogP contribution < -0.4 is 0 Å². The van der Waals surface area contributed by atoms with Crippen LogP contribution in [0, 0.1) is 11.8 Å². The zero-order valence-electron chi connectivity index (χ0n) is 9.96. The van der Waals surface area contributed by atoms with Crippen molar-refractivity contribution in [3.05, 3.63) is 24.3 Å². The van der Waals surface area contributed by atoms with Gasteiger partial charge in [0, 0.05) is 17.9 Å². The van der Waals surface area contributed by atoms with Gasteiger partial charge in [-0.1, -0.05) is 12.7 Å². The minimum atomic E-state index is -0.976. The van der Waals surface area contributed by atoms with Gasteiger partial charge in [0.2, 0.25) is 0 Å². The van der Waals surface area contributed by atoms with E-state index in [4.69, 9.17) is 4.74 Å². The molecule has 0 amide bonds. The van der Waals surface area contributed by atoms with Crippen LogP contribution >= 0.6 is 0 Å². The second-order valence-corrected chi connectivity index (χ2v) is 4.69. The summed E-state index contributed by atoms with van der Waals surface area (Å²) in [5.74, 6) is -2.35. The van der Waals surface area contributed by atoms with Crippen molar-refractivity contribution in [2.75, 3.05) is 0 Å². The van der Waals surface area contributed by atoms with Gasteiger partial charge in [-0.3, -0.25) is 4.79 Å². The van der Waals surface area contributed by atoms with E-state index in [1.165, 1.54) is 19.1 Å². The van der Waals surface area contributed by atoms with Crippen LogP contribution in [0.3, 0.4) is 0 Å². The number of carbonyl (C=O) groups is 3. The van der Waals surface area contributed by atoms with Crippen molar-refractivity contribution >= 4 is 17.5 Å². The van der Waals surface area contributed by atoms with Crippen LogP contribution in [0.25, 0.3) is 0 Å². The molecule has 1 aliphatic heterocycles. The first kappa shape index (κ1) is 12.7. The molecule has 0 spiro atoms. The summed E-state index contributed by atoms with van der Waals surface area (Å²) in [6, 6.07) is 0. The highest BCUT2D eigenvalue weighted by molar-refractivity contribution is 5.98. The van der Waals surface area contributed by atoms with E-state index < -0.39 is 30.0 Å². The number of aliphatic hydroxyl groups excluding tert-OH is 1. The molecule has 2 rings (SSSR count). The Hall–Kier alpha value is -1.75. The predicted molar refractivity (Wildman–Crippen MR) is 61.5 cm³/mol. The van der Waals surface area contributed by atoms with Crippen LogP contribution in [-0.4, -0.2) is 34.9 Å². The smallest absolute Gasteiger partial charge is 0.334 e. The van der Waals surface area contributed by atoms with Crippen molar-refractivity contribution < 1.29 is 24.2 Å². The number of ether oxygens (including phenoxy) is 1. The van der Waals surface area contributed by atoms with Gasteiger partial charge in [0.25, 0.3) is 0 Å². The molecule has 1 aliphatic carbocycles. The first-order valence-electron chi connectivity index (χ1n) is 5.71. The van der Waals surface area contributed by atoms with Crippen LogP contribution in [-0.2, 0) is 19.1 Å². The molecule has 5 nitrogen and oxygen atoms in total. The Kier molecular flexibility index (Phi) is 3.17. The van der Waals surface area contributed by atoms with E-state index in [1.54, 1.807) is 0 Å². The standard InChI is InChI=1S/C13H14O5/c1-6(14)5-8-7(2)13(17)18-12(8)11-9(15)3-4-10(11)16/h3-4,8-9,11-12,15H,2,5H2,1H3/t8-,9-,11-,12+/m1/s1. The molecule has 18 heavy (non-hydrogen) atoms. The lowest BCUT2D eigenvalue weighted by molar-refractivity contribution is -0.145. The highest BCUT2D eigenvalue weighted by Gasteiger charge is 2.48. The predicted octanol–water partition coefficient (Wildman–Crippen LogP) is 0.179. The second kappa shape index (κ2) is 4.49. The van der Waals surface area contributed by atoms with Crippen molar-refractivity contribution in [2.24, 2.45) is 11.8 Å². The van der Waals surface area contributed by atoms with Gasteiger partial charge in [-0.2, -0.15) is 0 Å². The summed E-state index contributed by atoms with van der Waals surface area (Å²) in [4.78, 5) is 34.4. The van der Waals surface area contributed by atoms with Gasteiger partial charge >= 0.3 is 5.97 Å². The summed E-state index contributed by atoms with van der Waals surface area (Å²) >= 11 is 0. The molecule has 1 heterocycles. The Balaban J connectivity index is 2.25. The van der Waals surface area contributed by atoms with E-state index in [1.807, 2.05) is 0 Å². The fourth-order valence-corrected chi connectivity index (χ4v) is 2.45. The van der Waals surface area contributed by atoms with E-state index in [2.05, 4.69) is 6.58 Å². The topological polar surface area (TPSA) is 80.7 Å². The molecule has 0 radical (unpaired) electrons. The highest BCUT2D eigenvalue weighted by Crippen LogP contribution is 2.37. The van der Waals surface area contributed by atoms with E-state index in [0.29, 0.717) is 0 Å². The molecule has 1 N–H and O–H groups in total. The van der Waals surface area contributed by atoms with Crippen LogP contribution in [0.4, 0.5) is 0 Å². The van der Waals surface area contributed by atoms with Gasteiger partial charge < -0.3 is 14.6 Å². The first-order chi connectivity index (χ1) is 8.41. The molecule has 0 aromatic heterocycles. The first-order valence-corrected chi connectivity index (χ1v) is 5.71. The third kappa shape index (κ3) is 2.01. The maximum atomic E-state index is 11.7. The quantitative estimate of drug-likeness (QED) is 0.571. The Morgan fingerprint density at radius 2 is 2.17 bits per heavy atom.